The third-order valence-electron chi connectivity index (χ3n) is 7.53. The SMILES string of the molecule is O=C(NCc1ccc(Br)cc1)c1cnc(N2CCN(C3CCN(Cc4ccc(Cl)c(F)c4)CC3)CC2)c(Cl)c1. The van der Waals surface area contributed by atoms with E-state index in [9.17, 15) is 9.18 Å². The molecule has 0 aliphatic carbocycles. The van der Waals surface area contributed by atoms with Crippen molar-refractivity contribution in [3.05, 3.63) is 91.8 Å². The molecule has 2 fully saturated rings. The van der Waals surface area contributed by atoms with Crippen molar-refractivity contribution in [3.63, 3.8) is 0 Å². The molecule has 1 N–H and O–H groups in total. The maximum absolute atomic E-state index is 13.8. The van der Waals surface area contributed by atoms with E-state index in [-0.39, 0.29) is 16.7 Å². The van der Waals surface area contributed by atoms with Crippen molar-refractivity contribution in [1.82, 2.24) is 20.1 Å². The summed E-state index contributed by atoms with van der Waals surface area (Å²) in [7, 11) is 0. The molecule has 3 heterocycles. The monoisotopic (exact) mass is 633 g/mol. The van der Waals surface area contributed by atoms with Crippen molar-refractivity contribution in [2.45, 2.75) is 32.0 Å². The van der Waals surface area contributed by atoms with E-state index in [1.54, 1.807) is 18.3 Å². The quantitative estimate of drug-likeness (QED) is 0.345. The van der Waals surface area contributed by atoms with Crippen LogP contribution in [0.5, 0.6) is 0 Å². The molecule has 2 aliphatic heterocycles. The van der Waals surface area contributed by atoms with Gasteiger partial charge in [0.25, 0.3) is 5.91 Å². The third kappa shape index (κ3) is 7.30. The average Bonchev–Trinajstić information content (AvgIpc) is 2.95. The number of anilines is 1. The number of hydrogen-bond acceptors (Lipinski definition) is 5. The molecule has 0 unspecified atom stereocenters. The van der Waals surface area contributed by atoms with E-state index in [0.717, 1.165) is 80.1 Å². The highest BCUT2D eigenvalue weighted by molar-refractivity contribution is 9.10. The van der Waals surface area contributed by atoms with E-state index >= 15 is 0 Å². The normalized spacial score (nSPS) is 17.4. The number of hydrogen-bond donors (Lipinski definition) is 1. The number of piperazine rings is 1. The van der Waals surface area contributed by atoms with E-state index in [4.69, 9.17) is 23.2 Å². The molecule has 3 aromatic rings. The van der Waals surface area contributed by atoms with E-state index in [1.807, 2.05) is 30.3 Å². The third-order valence-corrected chi connectivity index (χ3v) is 8.64. The summed E-state index contributed by atoms with van der Waals surface area (Å²) in [5, 5.41) is 3.59. The first-order valence-electron chi connectivity index (χ1n) is 13.2. The van der Waals surface area contributed by atoms with Crippen molar-refractivity contribution in [3.8, 4) is 0 Å². The average molecular weight is 635 g/mol. The molecule has 2 aromatic carbocycles. The van der Waals surface area contributed by atoms with E-state index in [0.29, 0.717) is 23.2 Å². The fraction of sp³-hybridized carbons (Fsp3) is 0.379. The highest BCUT2D eigenvalue weighted by Crippen LogP contribution is 2.27. The number of benzene rings is 2. The Morgan fingerprint density at radius 2 is 1.64 bits per heavy atom. The number of carbonyl (C=O) groups is 1. The summed E-state index contributed by atoms with van der Waals surface area (Å²) in [4.78, 5) is 24.3. The maximum atomic E-state index is 13.8. The first kappa shape index (κ1) is 28.3. The van der Waals surface area contributed by atoms with Crippen LogP contribution in [0.4, 0.5) is 10.2 Å². The zero-order valence-electron chi connectivity index (χ0n) is 21.6. The number of nitrogens with one attached hydrogen (secondary N) is 1. The van der Waals surface area contributed by atoms with Crippen molar-refractivity contribution in [1.29, 1.82) is 0 Å². The smallest absolute Gasteiger partial charge is 0.253 e. The molecule has 39 heavy (non-hydrogen) atoms. The summed E-state index contributed by atoms with van der Waals surface area (Å²) in [6, 6.07) is 15.1. The number of amides is 1. The van der Waals surface area contributed by atoms with Gasteiger partial charge in [-0.3, -0.25) is 14.6 Å². The Bertz CT molecular complexity index is 1300. The second-order valence-corrected chi connectivity index (χ2v) is 11.8. The van der Waals surface area contributed by atoms with Crippen LogP contribution in [0.1, 0.15) is 34.3 Å². The van der Waals surface area contributed by atoms with Gasteiger partial charge >= 0.3 is 0 Å². The van der Waals surface area contributed by atoms with Crippen LogP contribution >= 0.6 is 39.1 Å². The number of nitrogens with zero attached hydrogens (tertiary/aromatic N) is 4. The van der Waals surface area contributed by atoms with Crippen molar-refractivity contribution < 1.29 is 9.18 Å². The summed E-state index contributed by atoms with van der Waals surface area (Å²) in [6.07, 6.45) is 3.80. The zero-order valence-corrected chi connectivity index (χ0v) is 24.7. The first-order valence-corrected chi connectivity index (χ1v) is 14.7. The lowest BCUT2D eigenvalue weighted by Gasteiger charge is -2.43. The standard InChI is InChI=1S/C29H31BrCl2FN5O/c30-23-4-1-20(2-5-23)17-35-29(39)22-16-26(32)28(34-18-22)38-13-11-37(12-14-38)24-7-9-36(10-8-24)19-21-3-6-25(31)27(33)15-21/h1-6,15-16,18,24H,7-14,17,19H2,(H,35,39). The molecule has 0 spiro atoms. The summed E-state index contributed by atoms with van der Waals surface area (Å²) in [5.41, 5.74) is 2.43. The van der Waals surface area contributed by atoms with Gasteiger partial charge in [-0.2, -0.15) is 0 Å². The van der Waals surface area contributed by atoms with Gasteiger partial charge in [-0.1, -0.05) is 57.3 Å². The van der Waals surface area contributed by atoms with Gasteiger partial charge < -0.3 is 10.2 Å². The Balaban J connectivity index is 1.08. The Morgan fingerprint density at radius 3 is 2.31 bits per heavy atom. The minimum absolute atomic E-state index is 0.169. The van der Waals surface area contributed by atoms with Gasteiger partial charge in [0.1, 0.15) is 11.6 Å². The molecule has 1 amide bonds. The molecule has 0 bridgehead atoms. The Hall–Kier alpha value is -2.23. The largest absolute Gasteiger partial charge is 0.353 e. The molecule has 0 saturated carbocycles. The number of likely N-dealkylation sites (tertiary alicyclic amines) is 1. The highest BCUT2D eigenvalue weighted by atomic mass is 79.9. The van der Waals surface area contributed by atoms with Crippen LogP contribution in [0.3, 0.4) is 0 Å². The number of rotatable bonds is 7. The fourth-order valence-electron chi connectivity index (χ4n) is 5.31. The second kappa shape index (κ2) is 13.0. The molecule has 2 aliphatic rings. The van der Waals surface area contributed by atoms with Gasteiger partial charge in [-0.05, 0) is 67.4 Å². The lowest BCUT2D eigenvalue weighted by Crippen LogP contribution is -2.53. The first-order chi connectivity index (χ1) is 18.9. The van der Waals surface area contributed by atoms with Crippen molar-refractivity contribution >= 4 is 50.9 Å². The number of aromatic nitrogens is 1. The molecule has 0 radical (unpaired) electrons. The Kier molecular flexibility index (Phi) is 9.40. The topological polar surface area (TPSA) is 51.7 Å². The molecule has 10 heteroatoms. The molecular formula is C29H31BrCl2FN5O. The fourth-order valence-corrected chi connectivity index (χ4v) is 5.98. The van der Waals surface area contributed by atoms with Gasteiger partial charge in [0.05, 0.1) is 15.6 Å². The van der Waals surface area contributed by atoms with Crippen molar-refractivity contribution in [2.24, 2.45) is 0 Å². The highest BCUT2D eigenvalue weighted by Gasteiger charge is 2.28. The maximum Gasteiger partial charge on any atom is 0.253 e. The minimum Gasteiger partial charge on any atom is -0.353 e. The molecule has 0 atom stereocenters. The van der Waals surface area contributed by atoms with Crippen LogP contribution in [0.2, 0.25) is 10.0 Å². The summed E-state index contributed by atoms with van der Waals surface area (Å²) in [5.74, 6) is 0.174. The second-order valence-electron chi connectivity index (χ2n) is 10.1. The molecule has 5 rings (SSSR count). The van der Waals surface area contributed by atoms with E-state index in [1.165, 1.54) is 6.07 Å². The number of pyridine rings is 1. The zero-order chi connectivity index (χ0) is 27.4. The van der Waals surface area contributed by atoms with Gasteiger partial charge in [0, 0.05) is 56.0 Å². The Labute approximate surface area is 247 Å². The van der Waals surface area contributed by atoms with Crippen LogP contribution in [0.15, 0.2) is 59.2 Å². The van der Waals surface area contributed by atoms with Crippen LogP contribution in [0, 0.1) is 5.82 Å². The molecule has 6 nitrogen and oxygen atoms in total. The number of halogens is 4. The predicted octanol–water partition coefficient (Wildman–Crippen LogP) is 6.01. The van der Waals surface area contributed by atoms with Gasteiger partial charge in [-0.15, -0.1) is 0 Å². The number of piperidine rings is 1. The number of carbonyl (C=O) groups excluding carboxylic acids is 1. The van der Waals surface area contributed by atoms with Gasteiger partial charge in [0.2, 0.25) is 0 Å². The summed E-state index contributed by atoms with van der Waals surface area (Å²) in [6.45, 7) is 6.74. The molecule has 2 saturated heterocycles. The molecule has 206 valence electrons. The van der Waals surface area contributed by atoms with Crippen LogP contribution in [0.25, 0.3) is 0 Å². The molecule has 1 aromatic heterocycles. The predicted molar refractivity (Wildman–Crippen MR) is 158 cm³/mol. The Morgan fingerprint density at radius 1 is 0.949 bits per heavy atom. The molecular weight excluding hydrogens is 604 g/mol. The van der Waals surface area contributed by atoms with Crippen LogP contribution in [-0.4, -0.2) is 66.0 Å². The van der Waals surface area contributed by atoms with Gasteiger partial charge in [0.15, 0.2) is 0 Å². The van der Waals surface area contributed by atoms with Gasteiger partial charge in [-0.25, -0.2) is 9.37 Å². The summed E-state index contributed by atoms with van der Waals surface area (Å²) >= 11 is 15.8. The lowest BCUT2D eigenvalue weighted by molar-refractivity contribution is 0.0950. The van der Waals surface area contributed by atoms with Crippen LogP contribution in [-0.2, 0) is 13.1 Å². The minimum atomic E-state index is -0.355. The van der Waals surface area contributed by atoms with Crippen molar-refractivity contribution in [2.75, 3.05) is 44.2 Å². The summed E-state index contributed by atoms with van der Waals surface area (Å²) < 4.78 is 14.8. The van der Waals surface area contributed by atoms with E-state index < -0.39 is 0 Å². The lowest BCUT2D eigenvalue weighted by atomic mass is 10.0. The van der Waals surface area contributed by atoms with Crippen LogP contribution < -0.4 is 10.2 Å². The van der Waals surface area contributed by atoms with E-state index in [2.05, 4.69) is 40.9 Å².